The number of halogens is 1. The van der Waals surface area contributed by atoms with Crippen molar-refractivity contribution in [2.45, 2.75) is 51.1 Å². The Morgan fingerprint density at radius 1 is 1.24 bits per heavy atom. The van der Waals surface area contributed by atoms with Crippen molar-refractivity contribution in [2.24, 2.45) is 0 Å². The summed E-state index contributed by atoms with van der Waals surface area (Å²) >= 11 is 0. The highest BCUT2D eigenvalue weighted by Gasteiger charge is 2.21. The molecule has 0 unspecified atom stereocenters. The van der Waals surface area contributed by atoms with Crippen LogP contribution in [0.5, 0.6) is 0 Å². The lowest BCUT2D eigenvalue weighted by Gasteiger charge is -2.07. The Balaban J connectivity index is 2.36. The minimum Gasteiger partial charge on any atom is -0.339 e. The van der Waals surface area contributed by atoms with Gasteiger partial charge >= 0.3 is 0 Å². The second-order valence-corrected chi connectivity index (χ2v) is 7.87. The molecule has 0 fully saturated rings. The number of imidazole rings is 1. The van der Waals surface area contributed by atoms with E-state index < -0.39 is 9.05 Å². The lowest BCUT2D eigenvalue weighted by molar-refractivity contribution is 0.359. The summed E-state index contributed by atoms with van der Waals surface area (Å²) in [5, 5.41) is 3.72. The molecule has 0 atom stereocenters. The molecule has 2 heterocycles. The molecule has 0 aliphatic heterocycles. The molecule has 0 N–H and O–H groups in total. The zero-order valence-corrected chi connectivity index (χ0v) is 13.8. The van der Waals surface area contributed by atoms with Crippen LogP contribution in [0.25, 0.3) is 0 Å². The molecule has 0 aliphatic carbocycles. The lowest BCUT2D eigenvalue weighted by atomic mass is 10.2. The molecule has 116 valence electrons. The Kier molecular flexibility index (Phi) is 4.38. The first-order chi connectivity index (χ1) is 9.68. The molecular formula is C12H17ClN4O3S. The first-order valence-electron chi connectivity index (χ1n) is 6.52. The van der Waals surface area contributed by atoms with Gasteiger partial charge in [0, 0.05) is 28.7 Å². The van der Waals surface area contributed by atoms with E-state index >= 15 is 0 Å². The van der Waals surface area contributed by atoms with Gasteiger partial charge in [0.25, 0.3) is 9.05 Å². The van der Waals surface area contributed by atoms with Crippen molar-refractivity contribution in [1.29, 1.82) is 0 Å². The van der Waals surface area contributed by atoms with E-state index in [0.717, 1.165) is 0 Å². The van der Waals surface area contributed by atoms with Crippen LogP contribution in [-0.4, -0.2) is 28.1 Å². The van der Waals surface area contributed by atoms with E-state index in [1.54, 1.807) is 4.57 Å². The van der Waals surface area contributed by atoms with Gasteiger partial charge in [-0.25, -0.2) is 13.4 Å². The van der Waals surface area contributed by atoms with Crippen LogP contribution < -0.4 is 0 Å². The van der Waals surface area contributed by atoms with Gasteiger partial charge in [0.15, 0.2) is 10.9 Å². The Morgan fingerprint density at radius 3 is 2.38 bits per heavy atom. The molecule has 9 heteroatoms. The van der Waals surface area contributed by atoms with Gasteiger partial charge in [-0.3, -0.25) is 0 Å². The standard InChI is InChI=1S/C12H17ClN4O3S/c1-7(2)11-15-10(21(13,18)19)6-17(11)5-9-14-12(8(3)4)20-16-9/h6-8H,5H2,1-4H3. The fourth-order valence-electron chi connectivity index (χ4n) is 1.83. The maximum Gasteiger partial charge on any atom is 0.280 e. The van der Waals surface area contributed by atoms with Gasteiger partial charge in [-0.2, -0.15) is 4.98 Å². The second-order valence-electron chi connectivity index (χ2n) is 5.36. The molecule has 2 rings (SSSR count). The highest BCUT2D eigenvalue weighted by Crippen LogP contribution is 2.21. The smallest absolute Gasteiger partial charge is 0.280 e. The van der Waals surface area contributed by atoms with Crippen molar-refractivity contribution in [2.75, 3.05) is 0 Å². The van der Waals surface area contributed by atoms with Crippen LogP contribution >= 0.6 is 10.7 Å². The third-order valence-electron chi connectivity index (χ3n) is 2.84. The van der Waals surface area contributed by atoms with E-state index in [2.05, 4.69) is 15.1 Å². The lowest BCUT2D eigenvalue weighted by Crippen LogP contribution is -2.07. The fourth-order valence-corrected chi connectivity index (χ4v) is 2.51. The normalized spacial score (nSPS) is 12.5. The van der Waals surface area contributed by atoms with E-state index in [9.17, 15) is 8.42 Å². The topological polar surface area (TPSA) is 90.9 Å². The van der Waals surface area contributed by atoms with Gasteiger partial charge < -0.3 is 9.09 Å². The van der Waals surface area contributed by atoms with E-state index in [0.29, 0.717) is 17.5 Å². The Labute approximate surface area is 127 Å². The largest absolute Gasteiger partial charge is 0.339 e. The van der Waals surface area contributed by atoms with Gasteiger partial charge in [0.1, 0.15) is 5.82 Å². The van der Waals surface area contributed by atoms with Crippen molar-refractivity contribution in [1.82, 2.24) is 19.7 Å². The molecule has 0 aliphatic rings. The summed E-state index contributed by atoms with van der Waals surface area (Å²) in [7, 11) is 1.48. The zero-order valence-electron chi connectivity index (χ0n) is 12.2. The van der Waals surface area contributed by atoms with Crippen molar-refractivity contribution in [3.8, 4) is 0 Å². The number of hydrogen-bond acceptors (Lipinski definition) is 6. The average molecular weight is 333 g/mol. The molecule has 0 bridgehead atoms. The monoisotopic (exact) mass is 332 g/mol. The third kappa shape index (κ3) is 3.62. The molecule has 0 saturated heterocycles. The quantitative estimate of drug-likeness (QED) is 0.781. The maximum atomic E-state index is 11.4. The summed E-state index contributed by atoms with van der Waals surface area (Å²) in [6.45, 7) is 8.01. The van der Waals surface area contributed by atoms with Crippen LogP contribution in [-0.2, 0) is 15.6 Å². The summed E-state index contributed by atoms with van der Waals surface area (Å²) in [6.07, 6.45) is 1.39. The molecule has 2 aromatic heterocycles. The molecule has 0 amide bonds. The van der Waals surface area contributed by atoms with Crippen molar-refractivity contribution < 1.29 is 12.9 Å². The van der Waals surface area contributed by atoms with E-state index in [1.165, 1.54) is 6.20 Å². The average Bonchev–Trinajstić information content (AvgIpc) is 2.95. The minimum absolute atomic E-state index is 0.0358. The summed E-state index contributed by atoms with van der Waals surface area (Å²) < 4.78 is 29.6. The van der Waals surface area contributed by atoms with Gasteiger partial charge in [0.05, 0.1) is 6.54 Å². The van der Waals surface area contributed by atoms with E-state index in [1.807, 2.05) is 27.7 Å². The van der Waals surface area contributed by atoms with Crippen LogP contribution in [0.15, 0.2) is 15.7 Å². The predicted molar refractivity (Wildman–Crippen MR) is 76.8 cm³/mol. The fraction of sp³-hybridized carbons (Fsp3) is 0.583. The van der Waals surface area contributed by atoms with Crippen LogP contribution in [0.2, 0.25) is 0 Å². The minimum atomic E-state index is -3.86. The third-order valence-corrected chi connectivity index (χ3v) is 4.01. The molecule has 0 saturated carbocycles. The van der Waals surface area contributed by atoms with Crippen molar-refractivity contribution in [3.63, 3.8) is 0 Å². The van der Waals surface area contributed by atoms with Crippen molar-refractivity contribution >= 4 is 19.7 Å². The van der Waals surface area contributed by atoms with Gasteiger partial charge in [-0.05, 0) is 0 Å². The van der Waals surface area contributed by atoms with Crippen LogP contribution in [0.1, 0.15) is 57.1 Å². The molecule has 21 heavy (non-hydrogen) atoms. The van der Waals surface area contributed by atoms with Crippen molar-refractivity contribution in [3.05, 3.63) is 23.7 Å². The zero-order chi connectivity index (χ0) is 15.8. The van der Waals surface area contributed by atoms with Crippen LogP contribution in [0.4, 0.5) is 0 Å². The second kappa shape index (κ2) is 5.76. The molecule has 0 spiro atoms. The summed E-state index contributed by atoms with van der Waals surface area (Å²) in [6, 6.07) is 0. The van der Waals surface area contributed by atoms with E-state index in [-0.39, 0.29) is 23.4 Å². The van der Waals surface area contributed by atoms with Crippen LogP contribution in [0, 0.1) is 0 Å². The van der Waals surface area contributed by atoms with E-state index in [4.69, 9.17) is 15.2 Å². The predicted octanol–water partition coefficient (Wildman–Crippen LogP) is 2.49. The molecule has 0 aromatic carbocycles. The Morgan fingerprint density at radius 2 is 1.90 bits per heavy atom. The summed E-state index contributed by atoms with van der Waals surface area (Å²) in [4.78, 5) is 8.34. The van der Waals surface area contributed by atoms with Gasteiger partial charge in [0.2, 0.25) is 5.89 Å². The first-order valence-corrected chi connectivity index (χ1v) is 8.83. The van der Waals surface area contributed by atoms with Gasteiger partial charge in [-0.15, -0.1) is 0 Å². The number of aromatic nitrogens is 4. The Hall–Kier alpha value is -1.41. The summed E-state index contributed by atoms with van der Waals surface area (Å²) in [5.41, 5.74) is 0. The molecular weight excluding hydrogens is 316 g/mol. The summed E-state index contributed by atoms with van der Waals surface area (Å²) in [5.74, 6) is 1.79. The molecule has 7 nitrogen and oxygen atoms in total. The highest BCUT2D eigenvalue weighted by molar-refractivity contribution is 8.13. The number of rotatable bonds is 5. The maximum absolute atomic E-state index is 11.4. The molecule has 2 aromatic rings. The SMILES string of the molecule is CC(C)c1nc(Cn2cc(S(=O)(=O)Cl)nc2C(C)C)no1. The highest BCUT2D eigenvalue weighted by atomic mass is 35.7. The van der Waals surface area contributed by atoms with Crippen LogP contribution in [0.3, 0.4) is 0 Å². The first kappa shape index (κ1) is 16.0. The molecule has 0 radical (unpaired) electrons. The Bertz CT molecular complexity index is 734. The number of hydrogen-bond donors (Lipinski definition) is 0. The number of nitrogens with zero attached hydrogens (tertiary/aromatic N) is 4. The van der Waals surface area contributed by atoms with Gasteiger partial charge in [-0.1, -0.05) is 32.9 Å².